The lowest BCUT2D eigenvalue weighted by Gasteiger charge is -2.23. The van der Waals surface area contributed by atoms with Crippen LogP contribution in [0.5, 0.6) is 12.0 Å². The van der Waals surface area contributed by atoms with Crippen LogP contribution in [0.2, 0.25) is 5.28 Å². The van der Waals surface area contributed by atoms with E-state index in [4.69, 9.17) is 21.1 Å². The van der Waals surface area contributed by atoms with E-state index in [0.717, 1.165) is 6.42 Å². The monoisotopic (exact) mass is 259 g/mol. The zero-order valence-corrected chi connectivity index (χ0v) is 11.6. The zero-order chi connectivity index (χ0) is 13.1. The van der Waals surface area contributed by atoms with Crippen molar-refractivity contribution in [3.8, 4) is 12.0 Å². The summed E-state index contributed by atoms with van der Waals surface area (Å²) in [5.41, 5.74) is -0.347. The molecule has 1 rings (SSSR count). The van der Waals surface area contributed by atoms with Gasteiger partial charge in [0.1, 0.15) is 5.60 Å². The zero-order valence-electron chi connectivity index (χ0n) is 10.8. The average molecular weight is 260 g/mol. The van der Waals surface area contributed by atoms with E-state index in [1.807, 2.05) is 34.6 Å². The third kappa shape index (κ3) is 4.73. The van der Waals surface area contributed by atoms with Crippen molar-refractivity contribution in [2.45, 2.75) is 52.7 Å². The summed E-state index contributed by atoms with van der Waals surface area (Å²) in [6.45, 7) is 9.69. The quantitative estimate of drug-likeness (QED) is 0.814. The number of hydrogen-bond acceptors (Lipinski definition) is 5. The van der Waals surface area contributed by atoms with Crippen LogP contribution in [0.3, 0.4) is 0 Å². The largest absolute Gasteiger partial charge is 0.461 e. The first-order valence-corrected chi connectivity index (χ1v) is 5.97. The van der Waals surface area contributed by atoms with Crippen molar-refractivity contribution in [1.82, 2.24) is 15.0 Å². The highest BCUT2D eigenvalue weighted by molar-refractivity contribution is 6.28. The molecule has 17 heavy (non-hydrogen) atoms. The molecule has 0 aliphatic rings. The van der Waals surface area contributed by atoms with E-state index in [2.05, 4.69) is 15.0 Å². The fourth-order valence-corrected chi connectivity index (χ4v) is 1.09. The summed E-state index contributed by atoms with van der Waals surface area (Å²) in [4.78, 5) is 11.8. The maximum Gasteiger partial charge on any atom is 0.324 e. The maximum atomic E-state index is 5.78. The van der Waals surface area contributed by atoms with Gasteiger partial charge in [0.2, 0.25) is 5.28 Å². The second-order valence-corrected chi connectivity index (χ2v) is 4.89. The maximum absolute atomic E-state index is 5.78. The van der Waals surface area contributed by atoms with Gasteiger partial charge >= 0.3 is 12.0 Å². The molecule has 6 heteroatoms. The predicted molar refractivity (Wildman–Crippen MR) is 65.6 cm³/mol. The first kappa shape index (κ1) is 14.0. The van der Waals surface area contributed by atoms with Crippen LogP contribution in [-0.4, -0.2) is 26.7 Å². The Morgan fingerprint density at radius 2 is 1.76 bits per heavy atom. The number of aromatic nitrogens is 3. The lowest BCUT2D eigenvalue weighted by Crippen LogP contribution is -2.28. The van der Waals surface area contributed by atoms with Gasteiger partial charge < -0.3 is 9.47 Å². The highest BCUT2D eigenvalue weighted by atomic mass is 35.5. The number of ether oxygens (including phenoxy) is 2. The smallest absolute Gasteiger partial charge is 0.324 e. The Balaban J connectivity index is 2.89. The molecule has 5 nitrogen and oxygen atoms in total. The van der Waals surface area contributed by atoms with Crippen LogP contribution in [0.25, 0.3) is 0 Å². The molecule has 96 valence electrons. The van der Waals surface area contributed by atoms with Crippen LogP contribution in [-0.2, 0) is 0 Å². The Labute approximate surface area is 107 Å². The van der Waals surface area contributed by atoms with E-state index in [1.165, 1.54) is 0 Å². The normalized spacial score (nSPS) is 11.7. The molecular formula is C11H18ClN3O2. The molecule has 0 radical (unpaired) electrons. The molecule has 0 saturated carbocycles. The summed E-state index contributed by atoms with van der Waals surface area (Å²) in [6, 6.07) is 0.370. The van der Waals surface area contributed by atoms with Gasteiger partial charge in [0.05, 0.1) is 6.10 Å². The van der Waals surface area contributed by atoms with E-state index in [1.54, 1.807) is 0 Å². The molecule has 0 spiro atoms. The van der Waals surface area contributed by atoms with E-state index in [0.29, 0.717) is 0 Å². The van der Waals surface area contributed by atoms with Gasteiger partial charge in [-0.3, -0.25) is 0 Å². The minimum Gasteiger partial charge on any atom is -0.461 e. The van der Waals surface area contributed by atoms with Crippen molar-refractivity contribution in [3.63, 3.8) is 0 Å². The molecule has 0 aliphatic heterocycles. The van der Waals surface area contributed by atoms with Crippen molar-refractivity contribution >= 4 is 11.6 Å². The fraction of sp³-hybridized carbons (Fsp3) is 0.727. The molecule has 1 aromatic rings. The molecule has 0 aromatic carbocycles. The summed E-state index contributed by atoms with van der Waals surface area (Å²) in [6.07, 6.45) is 0.803. The van der Waals surface area contributed by atoms with Crippen molar-refractivity contribution in [2.24, 2.45) is 0 Å². The van der Waals surface area contributed by atoms with Crippen molar-refractivity contribution in [1.29, 1.82) is 0 Å². The van der Waals surface area contributed by atoms with Crippen LogP contribution in [0.1, 0.15) is 41.0 Å². The molecular weight excluding hydrogens is 242 g/mol. The summed E-state index contributed by atoms with van der Waals surface area (Å²) in [5, 5.41) is 0.0672. The third-order valence-electron chi connectivity index (χ3n) is 2.13. The standard InChI is InChI=1S/C11H18ClN3O2/c1-6-11(4,5)17-10-14-8(12)13-9(15-10)16-7(2)3/h7H,6H2,1-5H3. The van der Waals surface area contributed by atoms with Gasteiger partial charge in [-0.25, -0.2) is 0 Å². The van der Waals surface area contributed by atoms with Crippen LogP contribution in [0, 0.1) is 0 Å². The molecule has 0 unspecified atom stereocenters. The SMILES string of the molecule is CCC(C)(C)Oc1nc(Cl)nc(OC(C)C)n1. The highest BCUT2D eigenvalue weighted by Crippen LogP contribution is 2.20. The van der Waals surface area contributed by atoms with E-state index in [-0.39, 0.29) is 29.0 Å². The minimum absolute atomic E-state index is 0.0273. The molecule has 0 aliphatic carbocycles. The van der Waals surface area contributed by atoms with Crippen LogP contribution < -0.4 is 9.47 Å². The Hall–Kier alpha value is -1.10. The molecule has 0 fully saturated rings. The highest BCUT2D eigenvalue weighted by Gasteiger charge is 2.20. The molecule has 0 amide bonds. The van der Waals surface area contributed by atoms with Gasteiger partial charge in [0, 0.05) is 0 Å². The second-order valence-electron chi connectivity index (χ2n) is 4.55. The van der Waals surface area contributed by atoms with Gasteiger partial charge in [0.15, 0.2) is 0 Å². The minimum atomic E-state index is -0.347. The topological polar surface area (TPSA) is 57.1 Å². The molecule has 1 aromatic heterocycles. The van der Waals surface area contributed by atoms with E-state index in [9.17, 15) is 0 Å². The Morgan fingerprint density at radius 3 is 2.29 bits per heavy atom. The van der Waals surface area contributed by atoms with Crippen molar-refractivity contribution in [2.75, 3.05) is 0 Å². The van der Waals surface area contributed by atoms with E-state index < -0.39 is 0 Å². The van der Waals surface area contributed by atoms with Gasteiger partial charge in [0.25, 0.3) is 0 Å². The molecule has 0 atom stereocenters. The van der Waals surface area contributed by atoms with Crippen LogP contribution >= 0.6 is 11.6 Å². The lowest BCUT2D eigenvalue weighted by molar-refractivity contribution is 0.0896. The third-order valence-corrected chi connectivity index (χ3v) is 2.30. The molecule has 0 bridgehead atoms. The van der Waals surface area contributed by atoms with E-state index >= 15 is 0 Å². The number of hydrogen-bond donors (Lipinski definition) is 0. The van der Waals surface area contributed by atoms with Crippen LogP contribution in [0.15, 0.2) is 0 Å². The molecule has 1 heterocycles. The van der Waals surface area contributed by atoms with Crippen molar-refractivity contribution in [3.05, 3.63) is 5.28 Å². The Bertz CT molecular complexity index is 383. The first-order valence-electron chi connectivity index (χ1n) is 5.59. The lowest BCUT2D eigenvalue weighted by atomic mass is 10.1. The summed E-state index contributed by atoms with van der Waals surface area (Å²) < 4.78 is 11.0. The van der Waals surface area contributed by atoms with Gasteiger partial charge in [-0.2, -0.15) is 9.97 Å². The number of rotatable bonds is 5. The summed E-state index contributed by atoms with van der Waals surface area (Å²) in [5.74, 6) is 0. The van der Waals surface area contributed by atoms with Gasteiger partial charge in [-0.15, -0.1) is 4.98 Å². The Kier molecular flexibility index (Phi) is 4.51. The summed E-state index contributed by atoms with van der Waals surface area (Å²) in [7, 11) is 0. The number of nitrogens with zero attached hydrogens (tertiary/aromatic N) is 3. The first-order chi connectivity index (χ1) is 7.82. The van der Waals surface area contributed by atoms with Crippen LogP contribution in [0.4, 0.5) is 0 Å². The predicted octanol–water partition coefficient (Wildman–Crippen LogP) is 2.88. The summed E-state index contributed by atoms with van der Waals surface area (Å²) >= 11 is 5.78. The number of halogens is 1. The molecule has 0 N–H and O–H groups in total. The van der Waals surface area contributed by atoms with Gasteiger partial charge in [-0.1, -0.05) is 6.92 Å². The molecule has 0 saturated heterocycles. The Morgan fingerprint density at radius 1 is 1.18 bits per heavy atom. The fourth-order valence-electron chi connectivity index (χ4n) is 0.943. The van der Waals surface area contributed by atoms with Crippen molar-refractivity contribution < 1.29 is 9.47 Å². The second kappa shape index (κ2) is 5.49. The average Bonchev–Trinajstić information content (AvgIpc) is 2.14. The van der Waals surface area contributed by atoms with Gasteiger partial charge in [-0.05, 0) is 45.7 Å².